The minimum Gasteiger partial charge on any atom is -0.368 e. The van der Waals surface area contributed by atoms with Crippen LogP contribution in [-0.4, -0.2) is 23.1 Å². The molecule has 2 N–H and O–H groups in total. The van der Waals surface area contributed by atoms with Gasteiger partial charge in [-0.25, -0.2) is 4.98 Å². The van der Waals surface area contributed by atoms with E-state index < -0.39 is 0 Å². The van der Waals surface area contributed by atoms with Crippen molar-refractivity contribution >= 4 is 11.8 Å². The maximum absolute atomic E-state index is 6.04. The monoisotopic (exact) mass is 294 g/mol. The molecule has 0 saturated carbocycles. The fraction of sp³-hybridized carbons (Fsp3) is 0.444. The molecule has 4 rings (SSSR count). The van der Waals surface area contributed by atoms with Crippen LogP contribution in [0.4, 0.5) is 11.8 Å². The normalized spacial score (nSPS) is 20.4. The van der Waals surface area contributed by atoms with Crippen molar-refractivity contribution in [2.24, 2.45) is 5.92 Å². The Morgan fingerprint density at radius 2 is 2.05 bits per heavy atom. The molecule has 1 aromatic carbocycles. The first-order valence-electron chi connectivity index (χ1n) is 8.22. The predicted molar refractivity (Wildman–Crippen MR) is 89.9 cm³/mol. The van der Waals surface area contributed by atoms with Gasteiger partial charge in [-0.1, -0.05) is 31.2 Å². The number of hydrogen-bond donors (Lipinski definition) is 1. The second-order valence-electron chi connectivity index (χ2n) is 6.58. The Hall–Kier alpha value is -2.10. The standard InChI is InChI=1S/C18H22N4/c1-12-9-10-22(11-12)17-15-8-4-6-13-5-2-3-7-14(13)16(15)20-18(19)21-17/h2-3,5,7,12H,4,6,8-11H2,1H3,(H2,19,20,21)/t12-/m1/s1. The second-order valence-corrected chi connectivity index (χ2v) is 6.58. The Morgan fingerprint density at radius 3 is 2.86 bits per heavy atom. The van der Waals surface area contributed by atoms with Crippen molar-refractivity contribution in [1.82, 2.24) is 9.97 Å². The zero-order valence-electron chi connectivity index (χ0n) is 13.0. The van der Waals surface area contributed by atoms with Crippen LogP contribution in [0.15, 0.2) is 24.3 Å². The number of nitrogens with zero attached hydrogens (tertiary/aromatic N) is 3. The Balaban J connectivity index is 1.89. The molecule has 1 aliphatic heterocycles. The lowest BCUT2D eigenvalue weighted by Crippen LogP contribution is -2.23. The Morgan fingerprint density at radius 1 is 1.18 bits per heavy atom. The van der Waals surface area contributed by atoms with Crippen LogP contribution in [-0.2, 0) is 12.8 Å². The van der Waals surface area contributed by atoms with Crippen LogP contribution in [0.3, 0.4) is 0 Å². The number of hydrogen-bond acceptors (Lipinski definition) is 4. The van der Waals surface area contributed by atoms with Crippen LogP contribution in [0.25, 0.3) is 11.3 Å². The summed E-state index contributed by atoms with van der Waals surface area (Å²) in [6.45, 7) is 4.45. The second kappa shape index (κ2) is 5.27. The molecule has 4 nitrogen and oxygen atoms in total. The van der Waals surface area contributed by atoms with Gasteiger partial charge in [-0.2, -0.15) is 4.98 Å². The quantitative estimate of drug-likeness (QED) is 0.878. The first-order chi connectivity index (χ1) is 10.7. The van der Waals surface area contributed by atoms with Gasteiger partial charge < -0.3 is 10.6 Å². The number of aromatic nitrogens is 2. The van der Waals surface area contributed by atoms with Gasteiger partial charge in [-0.15, -0.1) is 0 Å². The molecule has 4 heteroatoms. The van der Waals surface area contributed by atoms with Crippen molar-refractivity contribution in [3.63, 3.8) is 0 Å². The lowest BCUT2D eigenvalue weighted by molar-refractivity contribution is 0.658. The highest BCUT2D eigenvalue weighted by atomic mass is 15.2. The molecule has 0 bridgehead atoms. The van der Waals surface area contributed by atoms with Crippen molar-refractivity contribution in [1.29, 1.82) is 0 Å². The first-order valence-corrected chi connectivity index (χ1v) is 8.22. The summed E-state index contributed by atoms with van der Waals surface area (Å²) >= 11 is 0. The molecular formula is C18H22N4. The van der Waals surface area contributed by atoms with Crippen LogP contribution in [0.5, 0.6) is 0 Å². The molecule has 0 amide bonds. The molecule has 1 aromatic heterocycles. The van der Waals surface area contributed by atoms with Crippen LogP contribution in [0.2, 0.25) is 0 Å². The summed E-state index contributed by atoms with van der Waals surface area (Å²) in [5.41, 5.74) is 11.0. The molecule has 1 atom stereocenters. The van der Waals surface area contributed by atoms with Crippen molar-refractivity contribution in [2.75, 3.05) is 23.7 Å². The number of rotatable bonds is 1. The first kappa shape index (κ1) is 13.6. The zero-order valence-corrected chi connectivity index (χ0v) is 13.0. The minimum atomic E-state index is 0.394. The fourth-order valence-corrected chi connectivity index (χ4v) is 3.76. The number of fused-ring (bicyclic) bond motifs is 3. The number of benzene rings is 1. The van der Waals surface area contributed by atoms with E-state index >= 15 is 0 Å². The largest absolute Gasteiger partial charge is 0.368 e. The van der Waals surface area contributed by atoms with Crippen LogP contribution >= 0.6 is 0 Å². The minimum absolute atomic E-state index is 0.394. The number of aryl methyl sites for hydroxylation is 1. The summed E-state index contributed by atoms with van der Waals surface area (Å²) in [6.07, 6.45) is 4.51. The van der Waals surface area contributed by atoms with Gasteiger partial charge in [0.1, 0.15) is 5.82 Å². The van der Waals surface area contributed by atoms with Gasteiger partial charge in [0, 0.05) is 24.2 Å². The third-order valence-electron chi connectivity index (χ3n) is 4.87. The number of nitrogen functional groups attached to an aromatic ring is 1. The maximum Gasteiger partial charge on any atom is 0.222 e. The Kier molecular flexibility index (Phi) is 3.25. The highest BCUT2D eigenvalue weighted by Crippen LogP contribution is 2.37. The van der Waals surface area contributed by atoms with E-state index in [0.29, 0.717) is 5.95 Å². The third kappa shape index (κ3) is 2.23. The molecule has 114 valence electrons. The van der Waals surface area contributed by atoms with Gasteiger partial charge in [0.2, 0.25) is 5.95 Å². The summed E-state index contributed by atoms with van der Waals surface area (Å²) in [7, 11) is 0. The highest BCUT2D eigenvalue weighted by molar-refractivity contribution is 5.74. The zero-order chi connectivity index (χ0) is 15.1. The molecule has 0 unspecified atom stereocenters. The molecule has 1 fully saturated rings. The Bertz CT molecular complexity index is 710. The molecule has 2 aromatic rings. The van der Waals surface area contributed by atoms with E-state index in [1.165, 1.54) is 23.1 Å². The molecular weight excluding hydrogens is 272 g/mol. The maximum atomic E-state index is 6.04. The number of nitrogens with two attached hydrogens (primary N) is 1. The summed E-state index contributed by atoms with van der Waals surface area (Å²) in [5, 5.41) is 0. The van der Waals surface area contributed by atoms with Gasteiger partial charge in [0.25, 0.3) is 0 Å². The molecule has 0 spiro atoms. The summed E-state index contributed by atoms with van der Waals surface area (Å²) < 4.78 is 0. The topological polar surface area (TPSA) is 55.0 Å². The molecule has 1 aliphatic carbocycles. The van der Waals surface area contributed by atoms with E-state index in [-0.39, 0.29) is 0 Å². The van der Waals surface area contributed by atoms with Crippen LogP contribution in [0.1, 0.15) is 30.9 Å². The van der Waals surface area contributed by atoms with Gasteiger partial charge >= 0.3 is 0 Å². The molecule has 22 heavy (non-hydrogen) atoms. The highest BCUT2D eigenvalue weighted by Gasteiger charge is 2.26. The van der Waals surface area contributed by atoms with E-state index in [4.69, 9.17) is 5.73 Å². The van der Waals surface area contributed by atoms with E-state index in [9.17, 15) is 0 Å². The molecule has 1 saturated heterocycles. The van der Waals surface area contributed by atoms with Crippen LogP contribution in [0, 0.1) is 5.92 Å². The molecule has 2 aliphatic rings. The van der Waals surface area contributed by atoms with E-state index in [1.807, 2.05) is 0 Å². The molecule has 2 heterocycles. The third-order valence-corrected chi connectivity index (χ3v) is 4.87. The SMILES string of the molecule is C[C@@H]1CCN(c2nc(N)nc3c2CCCc2ccccc2-3)C1. The van der Waals surface area contributed by atoms with E-state index in [0.717, 1.165) is 49.8 Å². The van der Waals surface area contributed by atoms with E-state index in [2.05, 4.69) is 46.1 Å². The van der Waals surface area contributed by atoms with Gasteiger partial charge in [-0.05, 0) is 37.2 Å². The van der Waals surface area contributed by atoms with Crippen molar-refractivity contribution in [3.8, 4) is 11.3 Å². The van der Waals surface area contributed by atoms with Crippen molar-refractivity contribution < 1.29 is 0 Å². The summed E-state index contributed by atoms with van der Waals surface area (Å²) in [4.78, 5) is 11.6. The Labute approximate surface area is 131 Å². The van der Waals surface area contributed by atoms with Crippen molar-refractivity contribution in [3.05, 3.63) is 35.4 Å². The average molecular weight is 294 g/mol. The van der Waals surface area contributed by atoms with E-state index in [1.54, 1.807) is 0 Å². The fourth-order valence-electron chi connectivity index (χ4n) is 3.76. The van der Waals surface area contributed by atoms with Gasteiger partial charge in [0.15, 0.2) is 0 Å². The smallest absolute Gasteiger partial charge is 0.222 e. The summed E-state index contributed by atoms with van der Waals surface area (Å²) in [6, 6.07) is 8.57. The predicted octanol–water partition coefficient (Wildman–Crippen LogP) is 3.06. The van der Waals surface area contributed by atoms with Crippen molar-refractivity contribution in [2.45, 2.75) is 32.6 Å². The summed E-state index contributed by atoms with van der Waals surface area (Å²) in [5.74, 6) is 2.19. The van der Waals surface area contributed by atoms with Crippen LogP contribution < -0.4 is 10.6 Å². The van der Waals surface area contributed by atoms with Gasteiger partial charge in [0.05, 0.1) is 5.69 Å². The number of anilines is 2. The lowest BCUT2D eigenvalue weighted by atomic mass is 10.0. The molecule has 0 radical (unpaired) electrons. The van der Waals surface area contributed by atoms with Gasteiger partial charge in [-0.3, -0.25) is 0 Å². The lowest BCUT2D eigenvalue weighted by Gasteiger charge is -2.22. The average Bonchev–Trinajstić information content (AvgIpc) is 2.86.